The van der Waals surface area contributed by atoms with E-state index in [-0.39, 0.29) is 5.91 Å². The van der Waals surface area contributed by atoms with Crippen LogP contribution < -0.4 is 0 Å². The average Bonchev–Trinajstić information content (AvgIpc) is 3.28. The molecule has 0 unspecified atom stereocenters. The Hall–Kier alpha value is -1.66. The van der Waals surface area contributed by atoms with Crippen molar-refractivity contribution >= 4 is 17.2 Å². The van der Waals surface area contributed by atoms with Crippen molar-refractivity contribution in [2.75, 3.05) is 26.2 Å². The highest BCUT2D eigenvalue weighted by atomic mass is 32.1. The van der Waals surface area contributed by atoms with Crippen molar-refractivity contribution in [1.29, 1.82) is 0 Å². The van der Waals surface area contributed by atoms with Crippen LogP contribution in [0.2, 0.25) is 0 Å². The summed E-state index contributed by atoms with van der Waals surface area (Å²) >= 11 is 1.80. The summed E-state index contributed by atoms with van der Waals surface area (Å²) in [7, 11) is 0. The monoisotopic (exact) mass is 346 g/mol. The lowest BCUT2D eigenvalue weighted by Gasteiger charge is -2.34. The third-order valence-electron chi connectivity index (χ3n) is 4.76. The molecule has 1 fully saturated rings. The van der Waals surface area contributed by atoms with Gasteiger partial charge < -0.3 is 4.90 Å². The van der Waals surface area contributed by atoms with E-state index in [1.54, 1.807) is 11.3 Å². The van der Waals surface area contributed by atoms with E-state index in [2.05, 4.69) is 41.4 Å². The number of hydrogen-bond donors (Lipinski definition) is 0. The molecule has 1 amide bonds. The Balaban J connectivity index is 1.55. The van der Waals surface area contributed by atoms with E-state index >= 15 is 0 Å². The Kier molecular flexibility index (Phi) is 5.68. The van der Waals surface area contributed by atoms with Crippen LogP contribution in [0.4, 0.5) is 0 Å². The molecule has 0 bridgehead atoms. The SMILES string of the molecule is CCC(CC)n1ccc(C(=O)N2CCN(Cc3cccs3)CC2)n1. The molecule has 0 aliphatic carbocycles. The third-order valence-corrected chi connectivity index (χ3v) is 5.62. The molecule has 3 heterocycles. The highest BCUT2D eigenvalue weighted by Gasteiger charge is 2.24. The molecule has 0 atom stereocenters. The van der Waals surface area contributed by atoms with E-state index in [1.165, 1.54) is 4.88 Å². The third kappa shape index (κ3) is 3.87. The number of amides is 1. The molecule has 0 radical (unpaired) electrons. The van der Waals surface area contributed by atoms with Crippen LogP contribution in [0.3, 0.4) is 0 Å². The number of hydrogen-bond acceptors (Lipinski definition) is 4. The van der Waals surface area contributed by atoms with E-state index in [1.807, 2.05) is 21.8 Å². The molecule has 24 heavy (non-hydrogen) atoms. The van der Waals surface area contributed by atoms with E-state index in [0.29, 0.717) is 11.7 Å². The maximum Gasteiger partial charge on any atom is 0.274 e. The van der Waals surface area contributed by atoms with Gasteiger partial charge in [0.2, 0.25) is 0 Å². The van der Waals surface area contributed by atoms with Crippen LogP contribution in [0, 0.1) is 0 Å². The van der Waals surface area contributed by atoms with Gasteiger partial charge in [-0.2, -0.15) is 5.10 Å². The quantitative estimate of drug-likeness (QED) is 0.806. The summed E-state index contributed by atoms with van der Waals surface area (Å²) in [5, 5.41) is 6.64. The second-order valence-electron chi connectivity index (χ2n) is 6.30. The van der Waals surface area contributed by atoms with Gasteiger partial charge in [0.05, 0.1) is 6.04 Å². The second-order valence-corrected chi connectivity index (χ2v) is 7.33. The van der Waals surface area contributed by atoms with Crippen molar-refractivity contribution < 1.29 is 4.79 Å². The zero-order chi connectivity index (χ0) is 16.9. The van der Waals surface area contributed by atoms with Crippen LogP contribution in [0.15, 0.2) is 29.8 Å². The predicted octanol–water partition coefficient (Wildman–Crippen LogP) is 3.26. The van der Waals surface area contributed by atoms with Gasteiger partial charge in [0, 0.05) is 43.8 Å². The van der Waals surface area contributed by atoms with Crippen molar-refractivity contribution in [2.45, 2.75) is 39.3 Å². The first-order valence-electron chi connectivity index (χ1n) is 8.80. The maximum atomic E-state index is 12.7. The van der Waals surface area contributed by atoms with Crippen molar-refractivity contribution in [2.24, 2.45) is 0 Å². The molecule has 0 aromatic carbocycles. The van der Waals surface area contributed by atoms with Crippen LogP contribution in [-0.2, 0) is 6.54 Å². The molecule has 2 aromatic heterocycles. The summed E-state index contributed by atoms with van der Waals surface area (Å²) in [4.78, 5) is 18.4. The molecule has 0 spiro atoms. The highest BCUT2D eigenvalue weighted by molar-refractivity contribution is 7.09. The summed E-state index contributed by atoms with van der Waals surface area (Å²) in [6, 6.07) is 6.51. The molecule has 130 valence electrons. The number of nitrogens with zero attached hydrogens (tertiary/aromatic N) is 4. The first-order chi connectivity index (χ1) is 11.7. The summed E-state index contributed by atoms with van der Waals surface area (Å²) < 4.78 is 1.94. The van der Waals surface area contributed by atoms with Gasteiger partial charge in [-0.1, -0.05) is 19.9 Å². The number of carbonyl (C=O) groups is 1. The van der Waals surface area contributed by atoms with E-state index in [9.17, 15) is 4.79 Å². The van der Waals surface area contributed by atoms with Crippen molar-refractivity contribution in [3.05, 3.63) is 40.3 Å². The van der Waals surface area contributed by atoms with Crippen LogP contribution in [0.1, 0.15) is 48.1 Å². The van der Waals surface area contributed by atoms with Gasteiger partial charge in [-0.3, -0.25) is 14.4 Å². The summed E-state index contributed by atoms with van der Waals surface area (Å²) in [5.41, 5.74) is 0.577. The largest absolute Gasteiger partial charge is 0.335 e. The average molecular weight is 347 g/mol. The Morgan fingerprint density at radius 1 is 1.21 bits per heavy atom. The van der Waals surface area contributed by atoms with Gasteiger partial charge >= 0.3 is 0 Å². The molecule has 5 nitrogen and oxygen atoms in total. The van der Waals surface area contributed by atoms with Crippen molar-refractivity contribution in [3.63, 3.8) is 0 Å². The molecular weight excluding hydrogens is 320 g/mol. The number of carbonyl (C=O) groups excluding carboxylic acids is 1. The minimum absolute atomic E-state index is 0.0653. The Labute approximate surface area is 147 Å². The molecule has 2 aromatic rings. The lowest BCUT2D eigenvalue weighted by Crippen LogP contribution is -2.48. The maximum absolute atomic E-state index is 12.7. The first-order valence-corrected chi connectivity index (χ1v) is 9.68. The molecule has 0 saturated carbocycles. The normalized spacial score (nSPS) is 16.0. The minimum Gasteiger partial charge on any atom is -0.335 e. The highest BCUT2D eigenvalue weighted by Crippen LogP contribution is 2.17. The molecule has 3 rings (SSSR count). The number of aromatic nitrogens is 2. The van der Waals surface area contributed by atoms with Gasteiger partial charge in [0.15, 0.2) is 0 Å². The van der Waals surface area contributed by atoms with Crippen LogP contribution in [0.5, 0.6) is 0 Å². The van der Waals surface area contributed by atoms with Crippen LogP contribution in [0.25, 0.3) is 0 Å². The molecule has 1 aliphatic rings. The fourth-order valence-electron chi connectivity index (χ4n) is 3.21. The van der Waals surface area contributed by atoms with Crippen molar-refractivity contribution in [1.82, 2.24) is 19.6 Å². The van der Waals surface area contributed by atoms with E-state index < -0.39 is 0 Å². The lowest BCUT2D eigenvalue weighted by molar-refractivity contribution is 0.0622. The lowest BCUT2D eigenvalue weighted by atomic mass is 10.2. The standard InChI is InChI=1S/C18H26N4OS/c1-3-15(4-2)22-8-7-17(19-22)18(23)21-11-9-20(10-12-21)14-16-6-5-13-24-16/h5-8,13,15H,3-4,9-12,14H2,1-2H3. The van der Waals surface area contributed by atoms with Crippen molar-refractivity contribution in [3.8, 4) is 0 Å². The number of piperazine rings is 1. The summed E-state index contributed by atoms with van der Waals surface area (Å²) in [5.74, 6) is 0.0653. The minimum atomic E-state index is 0.0653. The molecule has 1 saturated heterocycles. The van der Waals surface area contributed by atoms with E-state index in [0.717, 1.165) is 45.6 Å². The zero-order valence-corrected chi connectivity index (χ0v) is 15.3. The van der Waals surface area contributed by atoms with Gasteiger partial charge in [0.1, 0.15) is 5.69 Å². The Morgan fingerprint density at radius 2 is 1.96 bits per heavy atom. The molecule has 6 heteroatoms. The number of rotatable bonds is 6. The number of thiophene rings is 1. The van der Waals surface area contributed by atoms with E-state index in [4.69, 9.17) is 0 Å². The first kappa shape index (κ1) is 17.2. The van der Waals surface area contributed by atoms with Gasteiger partial charge in [0.25, 0.3) is 5.91 Å². The zero-order valence-electron chi connectivity index (χ0n) is 14.5. The van der Waals surface area contributed by atoms with Gasteiger partial charge in [-0.25, -0.2) is 0 Å². The summed E-state index contributed by atoms with van der Waals surface area (Å²) in [6.07, 6.45) is 4.01. The van der Waals surface area contributed by atoms with Gasteiger partial charge in [-0.05, 0) is 30.4 Å². The van der Waals surface area contributed by atoms with Crippen LogP contribution >= 0.6 is 11.3 Å². The predicted molar refractivity (Wildman–Crippen MR) is 97.3 cm³/mol. The molecular formula is C18H26N4OS. The molecule has 0 N–H and O–H groups in total. The second kappa shape index (κ2) is 7.94. The summed E-state index contributed by atoms with van der Waals surface area (Å²) in [6.45, 7) is 8.72. The van der Waals surface area contributed by atoms with Crippen LogP contribution in [-0.4, -0.2) is 51.7 Å². The van der Waals surface area contributed by atoms with Gasteiger partial charge in [-0.15, -0.1) is 11.3 Å². The molecule has 1 aliphatic heterocycles. The fraction of sp³-hybridized carbons (Fsp3) is 0.556. The Morgan fingerprint density at radius 3 is 2.58 bits per heavy atom. The Bertz CT molecular complexity index is 640. The smallest absolute Gasteiger partial charge is 0.274 e. The fourth-order valence-corrected chi connectivity index (χ4v) is 3.96. The topological polar surface area (TPSA) is 41.4 Å².